The maximum absolute atomic E-state index is 11.3. The Morgan fingerprint density at radius 1 is 0.739 bits per heavy atom. The fourth-order valence-corrected chi connectivity index (χ4v) is 6.38. The molecular weight excluding hydrogens is 406 g/mol. The van der Waals surface area contributed by atoms with Gasteiger partial charge in [0.1, 0.15) is 0 Å². The van der Waals surface area contributed by atoms with E-state index in [1.165, 1.54) is 0 Å². The Labute approximate surface area is 130 Å². The molecular formula is C6H9NO12S4. The highest BCUT2D eigenvalue weighted by molar-refractivity contribution is 8.07. The molecule has 0 fully saturated rings. The standard InChI is InChI=1S/C6H9NO12S4/c7-4-3-5(20(8,9)10,21(11,12)13)1-2-6(4,22(14,15)16)23(17,18)19/h1-2,7H,3H2,(H,8,9,10)(H,11,12,13)(H,14,15,16)(H,17,18,19). The van der Waals surface area contributed by atoms with Crippen LogP contribution >= 0.6 is 0 Å². The van der Waals surface area contributed by atoms with Crippen molar-refractivity contribution >= 4 is 46.2 Å². The average molecular weight is 415 g/mol. The molecule has 0 saturated heterocycles. The molecule has 13 nitrogen and oxygen atoms in total. The van der Waals surface area contributed by atoms with Crippen molar-refractivity contribution in [2.45, 2.75) is 14.6 Å². The van der Waals surface area contributed by atoms with E-state index in [0.717, 1.165) is 0 Å². The molecule has 134 valence electrons. The molecule has 0 atom stereocenters. The molecule has 0 aliphatic heterocycles. The van der Waals surface area contributed by atoms with Crippen molar-refractivity contribution in [3.8, 4) is 0 Å². The van der Waals surface area contributed by atoms with Crippen molar-refractivity contribution in [3.05, 3.63) is 12.2 Å². The van der Waals surface area contributed by atoms with Crippen LogP contribution in [0.4, 0.5) is 0 Å². The van der Waals surface area contributed by atoms with Crippen LogP contribution in [-0.4, -0.2) is 65.8 Å². The van der Waals surface area contributed by atoms with E-state index in [4.69, 9.17) is 23.6 Å². The Kier molecular flexibility index (Phi) is 4.39. The Morgan fingerprint density at radius 3 is 1.30 bits per heavy atom. The summed E-state index contributed by atoms with van der Waals surface area (Å²) in [6.07, 6.45) is -2.51. The summed E-state index contributed by atoms with van der Waals surface area (Å²) < 4.78 is 119. The molecule has 0 aromatic carbocycles. The number of hydrogen-bond acceptors (Lipinski definition) is 9. The first kappa shape index (κ1) is 20.1. The van der Waals surface area contributed by atoms with Crippen molar-refractivity contribution in [1.82, 2.24) is 0 Å². The molecule has 0 heterocycles. The lowest BCUT2D eigenvalue weighted by Crippen LogP contribution is -2.59. The van der Waals surface area contributed by atoms with E-state index in [2.05, 4.69) is 0 Å². The van der Waals surface area contributed by atoms with E-state index in [-0.39, 0.29) is 12.2 Å². The maximum Gasteiger partial charge on any atom is 0.297 e. The SMILES string of the molecule is N=C1CC(S(=O)(=O)O)(S(=O)(=O)O)C=CC1(S(=O)(=O)O)S(=O)(=O)O. The van der Waals surface area contributed by atoms with Crippen molar-refractivity contribution in [3.63, 3.8) is 0 Å². The van der Waals surface area contributed by atoms with Crippen molar-refractivity contribution < 1.29 is 51.9 Å². The van der Waals surface area contributed by atoms with Crippen LogP contribution in [0.5, 0.6) is 0 Å². The minimum absolute atomic E-state index is 0.267. The molecule has 5 N–H and O–H groups in total. The number of nitrogens with one attached hydrogen (secondary N) is 1. The summed E-state index contributed by atoms with van der Waals surface area (Å²) in [6, 6.07) is 0. The first-order valence-electron chi connectivity index (χ1n) is 5.00. The van der Waals surface area contributed by atoms with Gasteiger partial charge in [0.2, 0.25) is 4.08 Å². The topological polar surface area (TPSA) is 241 Å². The van der Waals surface area contributed by atoms with Gasteiger partial charge in [-0.15, -0.1) is 0 Å². The molecule has 23 heavy (non-hydrogen) atoms. The van der Waals surface area contributed by atoms with Gasteiger partial charge in [0.05, 0.1) is 5.71 Å². The second kappa shape index (κ2) is 5.02. The van der Waals surface area contributed by atoms with E-state index >= 15 is 0 Å². The summed E-state index contributed by atoms with van der Waals surface area (Å²) in [7, 11) is -23.2. The molecule has 1 rings (SSSR count). The zero-order chi connectivity index (χ0) is 18.7. The van der Waals surface area contributed by atoms with Crippen LogP contribution in [0.3, 0.4) is 0 Å². The highest BCUT2D eigenvalue weighted by Gasteiger charge is 2.65. The maximum atomic E-state index is 11.3. The molecule has 0 aromatic rings. The van der Waals surface area contributed by atoms with Crippen molar-refractivity contribution in [2.75, 3.05) is 0 Å². The lowest BCUT2D eigenvalue weighted by Gasteiger charge is -2.34. The van der Waals surface area contributed by atoms with E-state index in [0.29, 0.717) is 0 Å². The van der Waals surface area contributed by atoms with E-state index in [1.807, 2.05) is 0 Å². The van der Waals surface area contributed by atoms with Crippen LogP contribution in [0.2, 0.25) is 0 Å². The van der Waals surface area contributed by atoms with Crippen LogP contribution in [0.25, 0.3) is 0 Å². The first-order valence-corrected chi connectivity index (χ1v) is 10.8. The zero-order valence-corrected chi connectivity index (χ0v) is 13.8. The number of hydrogen-bond donors (Lipinski definition) is 5. The van der Waals surface area contributed by atoms with Crippen LogP contribution in [0.15, 0.2) is 12.2 Å². The fraction of sp³-hybridized carbons (Fsp3) is 0.500. The predicted molar refractivity (Wildman–Crippen MR) is 73.1 cm³/mol. The first-order chi connectivity index (χ1) is 9.83. The summed E-state index contributed by atoms with van der Waals surface area (Å²) >= 11 is 0. The highest BCUT2D eigenvalue weighted by Crippen LogP contribution is 2.41. The normalized spacial score (nSPS) is 22.0. The summed E-state index contributed by atoms with van der Waals surface area (Å²) in [5.41, 5.74) is -1.85. The summed E-state index contributed by atoms with van der Waals surface area (Å²) in [5.74, 6) is 0. The lowest BCUT2D eigenvalue weighted by atomic mass is 10.0. The molecule has 17 heteroatoms. The second-order valence-corrected chi connectivity index (χ2v) is 11.4. The van der Waals surface area contributed by atoms with E-state index in [9.17, 15) is 33.7 Å². The van der Waals surface area contributed by atoms with Gasteiger partial charge in [0, 0.05) is 6.42 Å². The molecule has 0 unspecified atom stereocenters. The Balaban J connectivity index is 4.01. The van der Waals surface area contributed by atoms with Gasteiger partial charge in [-0.3, -0.25) is 18.2 Å². The quantitative estimate of drug-likeness (QED) is 0.245. The van der Waals surface area contributed by atoms with E-state index in [1.54, 1.807) is 0 Å². The molecule has 0 spiro atoms. The molecule has 0 radical (unpaired) electrons. The smallest absolute Gasteiger partial charge is 0.297 e. The van der Waals surface area contributed by atoms with Crippen molar-refractivity contribution in [1.29, 1.82) is 5.41 Å². The van der Waals surface area contributed by atoms with Crippen molar-refractivity contribution in [2.24, 2.45) is 0 Å². The second-order valence-electron chi connectivity index (χ2n) is 4.37. The molecule has 1 aliphatic rings. The van der Waals surface area contributed by atoms with Crippen LogP contribution in [0.1, 0.15) is 6.42 Å². The van der Waals surface area contributed by atoms with Gasteiger partial charge in [-0.05, 0) is 12.2 Å². The highest BCUT2D eigenvalue weighted by atomic mass is 32.3. The van der Waals surface area contributed by atoms with Gasteiger partial charge in [0.25, 0.3) is 44.6 Å². The zero-order valence-electron chi connectivity index (χ0n) is 10.5. The van der Waals surface area contributed by atoms with Gasteiger partial charge in [-0.2, -0.15) is 33.7 Å². The minimum atomic E-state index is -5.84. The predicted octanol–water partition coefficient (Wildman–Crippen LogP) is -2.09. The Bertz CT molecular complexity index is 931. The molecule has 0 aromatic heterocycles. The van der Waals surface area contributed by atoms with E-state index < -0.39 is 60.8 Å². The van der Waals surface area contributed by atoms with Gasteiger partial charge in [0.15, 0.2) is 0 Å². The van der Waals surface area contributed by atoms with Gasteiger partial charge >= 0.3 is 0 Å². The average Bonchev–Trinajstić information content (AvgIpc) is 2.21. The lowest BCUT2D eigenvalue weighted by molar-refractivity contribution is 0.429. The third kappa shape index (κ3) is 2.71. The third-order valence-corrected chi connectivity index (χ3v) is 10.2. The monoisotopic (exact) mass is 415 g/mol. The molecule has 0 amide bonds. The van der Waals surface area contributed by atoms with Gasteiger partial charge < -0.3 is 5.41 Å². The molecule has 0 bridgehead atoms. The van der Waals surface area contributed by atoms with Crippen LogP contribution in [0, 0.1) is 5.41 Å². The van der Waals surface area contributed by atoms with Gasteiger partial charge in [-0.25, -0.2) is 0 Å². The van der Waals surface area contributed by atoms with Crippen LogP contribution in [-0.2, 0) is 40.5 Å². The minimum Gasteiger partial charge on any atom is -0.306 e. The summed E-state index contributed by atoms with van der Waals surface area (Å²) in [5, 5.41) is 7.34. The summed E-state index contributed by atoms with van der Waals surface area (Å²) in [6.45, 7) is 0. The largest absolute Gasteiger partial charge is 0.306 e. The Morgan fingerprint density at radius 2 is 1.09 bits per heavy atom. The molecule has 0 saturated carbocycles. The molecule has 1 aliphatic carbocycles. The van der Waals surface area contributed by atoms with Gasteiger partial charge in [-0.1, -0.05) is 0 Å². The Hall–Kier alpha value is -0.950. The number of rotatable bonds is 4. The third-order valence-electron chi connectivity index (χ3n) is 3.04. The fourth-order valence-electron chi connectivity index (χ4n) is 1.87. The summed E-state index contributed by atoms with van der Waals surface area (Å²) in [4.78, 5) is 0. The van der Waals surface area contributed by atoms with Crippen LogP contribution < -0.4 is 0 Å².